The van der Waals surface area contributed by atoms with Crippen molar-refractivity contribution in [1.29, 1.82) is 0 Å². The molecule has 2 rings (SSSR count). The molecule has 0 aromatic carbocycles. The lowest BCUT2D eigenvalue weighted by atomic mass is 9.84. The molecular formula is C16H32IN3O3. The third-order valence-electron chi connectivity index (χ3n) is 4.49. The monoisotopic (exact) mass is 441 g/mol. The lowest BCUT2D eigenvalue weighted by molar-refractivity contribution is 0.122. The Hall–Kier alpha value is -0.120. The van der Waals surface area contributed by atoms with E-state index >= 15 is 0 Å². The molecule has 0 amide bonds. The van der Waals surface area contributed by atoms with Gasteiger partial charge in [-0.25, -0.2) is 0 Å². The van der Waals surface area contributed by atoms with Crippen LogP contribution in [0.15, 0.2) is 4.99 Å². The van der Waals surface area contributed by atoms with Crippen molar-refractivity contribution in [3.8, 4) is 0 Å². The van der Waals surface area contributed by atoms with Crippen molar-refractivity contribution in [3.05, 3.63) is 0 Å². The van der Waals surface area contributed by atoms with Crippen LogP contribution < -0.4 is 10.6 Å². The maximum absolute atomic E-state index is 9.24. The Morgan fingerprint density at radius 2 is 2.22 bits per heavy atom. The second-order valence-corrected chi connectivity index (χ2v) is 6.50. The fourth-order valence-electron chi connectivity index (χ4n) is 2.72. The molecule has 0 spiro atoms. The molecule has 0 aromatic heterocycles. The van der Waals surface area contributed by atoms with Gasteiger partial charge in [-0.2, -0.15) is 0 Å². The van der Waals surface area contributed by atoms with E-state index < -0.39 is 0 Å². The first-order valence-electron chi connectivity index (χ1n) is 8.49. The molecule has 1 aliphatic carbocycles. The van der Waals surface area contributed by atoms with Crippen LogP contribution in [0, 0.1) is 11.3 Å². The lowest BCUT2D eigenvalue weighted by Crippen LogP contribution is -2.44. The Balaban J connectivity index is 0.00000264. The molecule has 2 aliphatic rings. The largest absolute Gasteiger partial charge is 0.396 e. The summed E-state index contributed by atoms with van der Waals surface area (Å²) in [5.74, 6) is 1.64. The number of nitrogens with zero attached hydrogens (tertiary/aromatic N) is 1. The van der Waals surface area contributed by atoms with Gasteiger partial charge in [-0.15, -0.1) is 24.0 Å². The van der Waals surface area contributed by atoms with Crippen LogP contribution in [0.3, 0.4) is 0 Å². The summed E-state index contributed by atoms with van der Waals surface area (Å²) in [7, 11) is 1.78. The molecule has 1 saturated heterocycles. The third kappa shape index (κ3) is 8.00. The van der Waals surface area contributed by atoms with Crippen molar-refractivity contribution in [1.82, 2.24) is 10.6 Å². The normalized spacial score (nSPS) is 24.3. The summed E-state index contributed by atoms with van der Waals surface area (Å²) in [5, 5.41) is 15.9. The van der Waals surface area contributed by atoms with Crippen LogP contribution in [0.5, 0.6) is 0 Å². The van der Waals surface area contributed by atoms with Crippen molar-refractivity contribution in [3.63, 3.8) is 0 Å². The Morgan fingerprint density at radius 1 is 1.39 bits per heavy atom. The average molecular weight is 441 g/mol. The van der Waals surface area contributed by atoms with E-state index in [0.717, 1.165) is 64.1 Å². The zero-order chi connectivity index (χ0) is 15.7. The molecule has 0 radical (unpaired) electrons. The highest BCUT2D eigenvalue weighted by atomic mass is 127. The Labute approximate surface area is 156 Å². The van der Waals surface area contributed by atoms with Gasteiger partial charge in [0.15, 0.2) is 5.96 Å². The Bertz CT molecular complexity index is 345. The summed E-state index contributed by atoms with van der Waals surface area (Å²) in [4.78, 5) is 4.25. The first-order valence-corrected chi connectivity index (χ1v) is 8.49. The van der Waals surface area contributed by atoms with Crippen LogP contribution in [-0.2, 0) is 9.47 Å². The van der Waals surface area contributed by atoms with E-state index in [0.29, 0.717) is 6.61 Å². The lowest BCUT2D eigenvalue weighted by Gasteiger charge is -2.27. The fraction of sp³-hybridized carbons (Fsp3) is 0.938. The smallest absolute Gasteiger partial charge is 0.190 e. The number of aliphatic hydroxyl groups is 1. The molecule has 0 bridgehead atoms. The minimum Gasteiger partial charge on any atom is -0.396 e. The van der Waals surface area contributed by atoms with Gasteiger partial charge in [0.1, 0.15) is 0 Å². The van der Waals surface area contributed by atoms with Gasteiger partial charge in [-0.3, -0.25) is 4.99 Å². The number of ether oxygens (including phenoxy) is 2. The highest BCUT2D eigenvalue weighted by Crippen LogP contribution is 2.31. The van der Waals surface area contributed by atoms with E-state index in [1.54, 1.807) is 7.05 Å². The number of guanidine groups is 1. The highest BCUT2D eigenvalue weighted by Gasteiger charge is 2.34. The zero-order valence-electron chi connectivity index (χ0n) is 14.2. The molecule has 7 heteroatoms. The number of aliphatic hydroxyl groups excluding tert-OH is 1. The van der Waals surface area contributed by atoms with Crippen LogP contribution in [0.25, 0.3) is 0 Å². The molecule has 0 aromatic rings. The molecule has 1 saturated carbocycles. The minimum absolute atomic E-state index is 0. The van der Waals surface area contributed by atoms with Crippen molar-refractivity contribution in [2.45, 2.75) is 32.1 Å². The second-order valence-electron chi connectivity index (χ2n) is 6.50. The Kier molecular flexibility index (Phi) is 10.4. The van der Waals surface area contributed by atoms with Crippen LogP contribution in [-0.4, -0.2) is 64.2 Å². The zero-order valence-corrected chi connectivity index (χ0v) is 16.5. The van der Waals surface area contributed by atoms with Gasteiger partial charge in [0, 0.05) is 52.0 Å². The first kappa shape index (κ1) is 20.9. The molecule has 6 nitrogen and oxygen atoms in total. The number of rotatable bonds is 10. The predicted molar refractivity (Wildman–Crippen MR) is 103 cm³/mol. The van der Waals surface area contributed by atoms with E-state index in [4.69, 9.17) is 9.47 Å². The quantitative estimate of drug-likeness (QED) is 0.207. The van der Waals surface area contributed by atoms with E-state index in [9.17, 15) is 5.11 Å². The highest BCUT2D eigenvalue weighted by molar-refractivity contribution is 14.0. The second kappa shape index (κ2) is 11.4. The molecule has 1 atom stereocenters. The standard InChI is InChI=1S/C16H31N3O3.HI/c1-17-15(18-7-2-9-21-11-14-3-4-14)19-12-16(5-8-20)6-10-22-13-16;/h14,20H,2-13H2,1H3,(H2,17,18,19);1H. The topological polar surface area (TPSA) is 75.1 Å². The van der Waals surface area contributed by atoms with Crippen LogP contribution >= 0.6 is 24.0 Å². The van der Waals surface area contributed by atoms with Gasteiger partial charge < -0.3 is 25.2 Å². The van der Waals surface area contributed by atoms with Crippen LogP contribution in [0.4, 0.5) is 0 Å². The molecule has 3 N–H and O–H groups in total. The van der Waals surface area contributed by atoms with Gasteiger partial charge in [-0.05, 0) is 38.0 Å². The number of hydrogen-bond acceptors (Lipinski definition) is 4. The maximum atomic E-state index is 9.24. The van der Waals surface area contributed by atoms with E-state index in [-0.39, 0.29) is 36.0 Å². The summed E-state index contributed by atoms with van der Waals surface area (Å²) >= 11 is 0. The first-order chi connectivity index (χ1) is 10.8. The number of nitrogens with one attached hydrogen (secondary N) is 2. The van der Waals surface area contributed by atoms with Crippen LogP contribution in [0.2, 0.25) is 0 Å². The van der Waals surface area contributed by atoms with Gasteiger partial charge >= 0.3 is 0 Å². The van der Waals surface area contributed by atoms with E-state index in [1.807, 2.05) is 0 Å². The molecule has 23 heavy (non-hydrogen) atoms. The number of hydrogen-bond donors (Lipinski definition) is 3. The van der Waals surface area contributed by atoms with Gasteiger partial charge in [0.2, 0.25) is 0 Å². The van der Waals surface area contributed by atoms with Crippen molar-refractivity contribution >= 4 is 29.9 Å². The fourth-order valence-corrected chi connectivity index (χ4v) is 2.72. The van der Waals surface area contributed by atoms with E-state index in [1.165, 1.54) is 12.8 Å². The molecule has 136 valence electrons. The summed E-state index contributed by atoms with van der Waals surface area (Å²) in [6.07, 6.45) is 5.43. The Morgan fingerprint density at radius 3 is 2.83 bits per heavy atom. The summed E-state index contributed by atoms with van der Waals surface area (Å²) in [5.41, 5.74) is 0.0414. The molecule has 1 aliphatic heterocycles. The summed E-state index contributed by atoms with van der Waals surface area (Å²) in [6, 6.07) is 0. The van der Waals surface area contributed by atoms with Gasteiger partial charge in [0.25, 0.3) is 0 Å². The van der Waals surface area contributed by atoms with E-state index in [2.05, 4.69) is 15.6 Å². The number of aliphatic imine (C=N–C) groups is 1. The minimum atomic E-state index is 0. The van der Waals surface area contributed by atoms with Crippen molar-refractivity contribution < 1.29 is 14.6 Å². The van der Waals surface area contributed by atoms with Gasteiger partial charge in [-0.1, -0.05) is 0 Å². The van der Waals surface area contributed by atoms with Crippen LogP contribution in [0.1, 0.15) is 32.1 Å². The summed E-state index contributed by atoms with van der Waals surface area (Å²) in [6.45, 7) is 5.08. The summed E-state index contributed by atoms with van der Waals surface area (Å²) < 4.78 is 11.1. The third-order valence-corrected chi connectivity index (χ3v) is 4.49. The molecule has 2 fully saturated rings. The molecular weight excluding hydrogens is 409 g/mol. The van der Waals surface area contributed by atoms with Crippen molar-refractivity contribution in [2.24, 2.45) is 16.3 Å². The van der Waals surface area contributed by atoms with Crippen molar-refractivity contribution in [2.75, 3.05) is 53.2 Å². The predicted octanol–water partition coefficient (Wildman–Crippen LogP) is 1.38. The molecule has 1 heterocycles. The number of halogens is 1. The average Bonchev–Trinajstić information content (AvgIpc) is 3.24. The van der Waals surface area contributed by atoms with Gasteiger partial charge in [0.05, 0.1) is 6.61 Å². The maximum Gasteiger partial charge on any atom is 0.190 e. The SMILES string of the molecule is CN=C(NCCCOCC1CC1)NCC1(CCO)CCOC1.I. The molecule has 1 unspecified atom stereocenters.